The van der Waals surface area contributed by atoms with Crippen LogP contribution < -0.4 is 4.74 Å². The summed E-state index contributed by atoms with van der Waals surface area (Å²) < 4.78 is 6.66. The SMILES string of the molecule is COc1ccc(Br)cc1C(c1ccccc1C)N1CCC(C(=O)O)CC1. The van der Waals surface area contributed by atoms with E-state index in [4.69, 9.17) is 4.74 Å². The first-order valence-electron chi connectivity index (χ1n) is 8.87. The number of hydrogen-bond donors (Lipinski definition) is 1. The highest BCUT2D eigenvalue weighted by molar-refractivity contribution is 9.10. The number of halogens is 1. The molecule has 4 nitrogen and oxygen atoms in total. The fourth-order valence-corrected chi connectivity index (χ4v) is 4.16. The molecule has 0 radical (unpaired) electrons. The van der Waals surface area contributed by atoms with Crippen molar-refractivity contribution in [2.45, 2.75) is 25.8 Å². The van der Waals surface area contributed by atoms with Gasteiger partial charge in [0.15, 0.2) is 0 Å². The van der Waals surface area contributed by atoms with Gasteiger partial charge in [0.05, 0.1) is 19.1 Å². The maximum Gasteiger partial charge on any atom is 0.306 e. The van der Waals surface area contributed by atoms with Crippen LogP contribution in [0.25, 0.3) is 0 Å². The van der Waals surface area contributed by atoms with Crippen LogP contribution in [0.15, 0.2) is 46.9 Å². The van der Waals surface area contributed by atoms with Crippen LogP contribution in [-0.4, -0.2) is 36.2 Å². The maximum absolute atomic E-state index is 11.3. The molecule has 138 valence electrons. The van der Waals surface area contributed by atoms with Gasteiger partial charge < -0.3 is 9.84 Å². The first kappa shape index (κ1) is 18.9. The average Bonchev–Trinajstić information content (AvgIpc) is 2.64. The zero-order valence-electron chi connectivity index (χ0n) is 15.1. The van der Waals surface area contributed by atoms with Crippen LogP contribution in [0.3, 0.4) is 0 Å². The van der Waals surface area contributed by atoms with E-state index in [9.17, 15) is 9.90 Å². The molecular formula is C21H24BrNO3. The standard InChI is InChI=1S/C21H24BrNO3/c1-14-5-3-4-6-17(14)20(18-13-16(22)7-8-19(18)26-2)23-11-9-15(10-12-23)21(24)25/h3-8,13,15,20H,9-12H2,1-2H3,(H,24,25). The number of likely N-dealkylation sites (tertiary alicyclic amines) is 1. The summed E-state index contributed by atoms with van der Waals surface area (Å²) in [4.78, 5) is 13.7. The fraction of sp³-hybridized carbons (Fsp3) is 0.381. The second-order valence-corrected chi connectivity index (χ2v) is 7.71. The van der Waals surface area contributed by atoms with Gasteiger partial charge in [0.25, 0.3) is 0 Å². The summed E-state index contributed by atoms with van der Waals surface area (Å²) in [5.41, 5.74) is 3.56. The number of carboxylic acid groups (broad SMARTS) is 1. The summed E-state index contributed by atoms with van der Waals surface area (Å²) in [6.07, 6.45) is 1.35. The molecule has 0 aromatic heterocycles. The van der Waals surface area contributed by atoms with Crippen molar-refractivity contribution in [3.63, 3.8) is 0 Å². The van der Waals surface area contributed by atoms with E-state index in [1.165, 1.54) is 11.1 Å². The third-order valence-electron chi connectivity index (χ3n) is 5.21. The zero-order valence-corrected chi connectivity index (χ0v) is 16.7. The van der Waals surface area contributed by atoms with E-state index in [1.807, 2.05) is 18.2 Å². The molecule has 0 amide bonds. The van der Waals surface area contributed by atoms with E-state index in [0.29, 0.717) is 12.8 Å². The zero-order chi connectivity index (χ0) is 18.7. The Hall–Kier alpha value is -1.85. The number of aliphatic carboxylic acids is 1. The van der Waals surface area contributed by atoms with Crippen molar-refractivity contribution in [2.24, 2.45) is 5.92 Å². The molecule has 1 heterocycles. The Balaban J connectivity index is 2.03. The molecule has 0 bridgehead atoms. The highest BCUT2D eigenvalue weighted by Crippen LogP contribution is 2.39. The van der Waals surface area contributed by atoms with Gasteiger partial charge in [-0.15, -0.1) is 0 Å². The molecule has 2 aromatic carbocycles. The Morgan fingerprint density at radius 3 is 2.50 bits per heavy atom. The van der Waals surface area contributed by atoms with Crippen molar-refractivity contribution in [3.05, 3.63) is 63.6 Å². The molecule has 1 N–H and O–H groups in total. The Labute approximate surface area is 162 Å². The molecule has 1 aliphatic rings. The number of carboxylic acids is 1. The Bertz CT molecular complexity index is 785. The fourth-order valence-electron chi connectivity index (χ4n) is 3.78. The van der Waals surface area contributed by atoms with Crippen LogP contribution in [-0.2, 0) is 4.79 Å². The van der Waals surface area contributed by atoms with Crippen molar-refractivity contribution < 1.29 is 14.6 Å². The summed E-state index contributed by atoms with van der Waals surface area (Å²) in [6, 6.07) is 14.5. The van der Waals surface area contributed by atoms with Gasteiger partial charge in [0.1, 0.15) is 5.75 Å². The van der Waals surface area contributed by atoms with Crippen LogP contribution in [0.4, 0.5) is 0 Å². The van der Waals surface area contributed by atoms with Gasteiger partial charge in [-0.25, -0.2) is 0 Å². The lowest BCUT2D eigenvalue weighted by Gasteiger charge is -2.38. The molecule has 1 atom stereocenters. The summed E-state index contributed by atoms with van der Waals surface area (Å²) in [5.74, 6) is -0.0767. The lowest BCUT2D eigenvalue weighted by atomic mass is 9.89. The van der Waals surface area contributed by atoms with Crippen molar-refractivity contribution in [1.82, 2.24) is 4.90 Å². The predicted molar refractivity (Wildman–Crippen MR) is 106 cm³/mol. The minimum absolute atomic E-state index is 0.0402. The lowest BCUT2D eigenvalue weighted by molar-refractivity contribution is -0.143. The average molecular weight is 418 g/mol. The minimum atomic E-state index is -0.683. The summed E-state index contributed by atoms with van der Waals surface area (Å²) in [7, 11) is 1.69. The minimum Gasteiger partial charge on any atom is -0.496 e. The Morgan fingerprint density at radius 2 is 1.88 bits per heavy atom. The van der Waals surface area contributed by atoms with Crippen LogP contribution >= 0.6 is 15.9 Å². The van der Waals surface area contributed by atoms with Crippen LogP contribution in [0.5, 0.6) is 5.75 Å². The number of nitrogens with zero attached hydrogens (tertiary/aromatic N) is 1. The van der Waals surface area contributed by atoms with E-state index in [-0.39, 0.29) is 12.0 Å². The number of aryl methyl sites for hydroxylation is 1. The molecule has 1 fully saturated rings. The number of benzene rings is 2. The van der Waals surface area contributed by atoms with Gasteiger partial charge in [-0.05, 0) is 62.2 Å². The molecule has 2 aromatic rings. The third kappa shape index (κ3) is 3.94. The quantitative estimate of drug-likeness (QED) is 0.768. The summed E-state index contributed by atoms with van der Waals surface area (Å²) in [6.45, 7) is 3.63. The van der Waals surface area contributed by atoms with Gasteiger partial charge in [-0.3, -0.25) is 9.69 Å². The molecule has 26 heavy (non-hydrogen) atoms. The second kappa shape index (κ2) is 8.23. The molecule has 3 rings (SSSR count). The van der Waals surface area contributed by atoms with Crippen LogP contribution in [0.1, 0.15) is 35.6 Å². The topological polar surface area (TPSA) is 49.8 Å². The third-order valence-corrected chi connectivity index (χ3v) is 5.71. The smallest absolute Gasteiger partial charge is 0.306 e. The molecular weight excluding hydrogens is 394 g/mol. The van der Waals surface area contributed by atoms with E-state index in [2.05, 4.69) is 52.0 Å². The van der Waals surface area contributed by atoms with Gasteiger partial charge in [0, 0.05) is 10.0 Å². The monoisotopic (exact) mass is 417 g/mol. The first-order chi connectivity index (χ1) is 12.5. The highest BCUT2D eigenvalue weighted by atomic mass is 79.9. The van der Waals surface area contributed by atoms with Gasteiger partial charge >= 0.3 is 5.97 Å². The van der Waals surface area contributed by atoms with Crippen LogP contribution in [0.2, 0.25) is 0 Å². The lowest BCUT2D eigenvalue weighted by Crippen LogP contribution is -2.39. The number of ether oxygens (including phenoxy) is 1. The summed E-state index contributed by atoms with van der Waals surface area (Å²) in [5, 5.41) is 9.32. The predicted octanol–water partition coefficient (Wildman–Crippen LogP) is 4.65. The molecule has 5 heteroatoms. The highest BCUT2D eigenvalue weighted by Gasteiger charge is 2.32. The molecule has 0 aliphatic carbocycles. The van der Waals surface area contributed by atoms with E-state index >= 15 is 0 Å². The van der Waals surface area contributed by atoms with Gasteiger partial charge in [-0.1, -0.05) is 40.2 Å². The van der Waals surface area contributed by atoms with Gasteiger partial charge in [-0.2, -0.15) is 0 Å². The number of carbonyl (C=O) groups is 1. The van der Waals surface area contributed by atoms with E-state index in [1.54, 1.807) is 7.11 Å². The van der Waals surface area contributed by atoms with Crippen LogP contribution in [0, 0.1) is 12.8 Å². The van der Waals surface area contributed by atoms with Crippen molar-refractivity contribution in [3.8, 4) is 5.75 Å². The number of hydrogen-bond acceptors (Lipinski definition) is 3. The molecule has 1 saturated heterocycles. The van der Waals surface area contributed by atoms with Crippen molar-refractivity contribution in [1.29, 1.82) is 0 Å². The molecule has 0 saturated carbocycles. The first-order valence-corrected chi connectivity index (χ1v) is 9.66. The molecule has 1 unspecified atom stereocenters. The second-order valence-electron chi connectivity index (χ2n) is 6.79. The maximum atomic E-state index is 11.3. The number of piperidine rings is 1. The summed E-state index contributed by atoms with van der Waals surface area (Å²) >= 11 is 3.59. The Kier molecular flexibility index (Phi) is 5.99. The van der Waals surface area contributed by atoms with E-state index < -0.39 is 5.97 Å². The number of methoxy groups -OCH3 is 1. The van der Waals surface area contributed by atoms with E-state index in [0.717, 1.165) is 28.9 Å². The Morgan fingerprint density at radius 1 is 1.19 bits per heavy atom. The largest absolute Gasteiger partial charge is 0.496 e. The number of rotatable bonds is 5. The van der Waals surface area contributed by atoms with Crippen molar-refractivity contribution in [2.75, 3.05) is 20.2 Å². The molecule has 1 aliphatic heterocycles. The normalized spacial score (nSPS) is 17.0. The van der Waals surface area contributed by atoms with Crippen molar-refractivity contribution >= 4 is 21.9 Å². The van der Waals surface area contributed by atoms with Gasteiger partial charge in [0.2, 0.25) is 0 Å². The molecule has 0 spiro atoms.